The second-order valence-electron chi connectivity index (χ2n) is 4.10. The van der Waals surface area contributed by atoms with Gasteiger partial charge >= 0.3 is 0 Å². The van der Waals surface area contributed by atoms with Gasteiger partial charge in [0.1, 0.15) is 0 Å². The van der Waals surface area contributed by atoms with Crippen molar-refractivity contribution in [3.05, 3.63) is 10.1 Å². The molecule has 4 heteroatoms. The molecule has 0 aromatic rings. The summed E-state index contributed by atoms with van der Waals surface area (Å²) >= 11 is 0. The second-order valence-corrected chi connectivity index (χ2v) is 4.10. The van der Waals surface area contributed by atoms with Crippen molar-refractivity contribution in [2.75, 3.05) is 0 Å². The molecular weight excluding hydrogens is 170 g/mol. The Bertz CT molecular complexity index is 264. The average Bonchev–Trinajstić information content (AvgIpc) is 2.75. The normalized spacial score (nSPS) is 38.8. The fraction of sp³-hybridized carbons (Fsp3) is 0.889. The number of fused-ring (bicyclic) bond motifs is 1. The molecule has 0 bridgehead atoms. The lowest BCUT2D eigenvalue weighted by atomic mass is 9.96. The Hall–Kier alpha value is -0.930. The van der Waals surface area contributed by atoms with Gasteiger partial charge < -0.3 is 0 Å². The number of rotatable bonds is 1. The fourth-order valence-electron chi connectivity index (χ4n) is 2.39. The predicted octanol–water partition coefficient (Wildman–Crippen LogP) is 1.55. The fourth-order valence-corrected chi connectivity index (χ4v) is 2.39. The van der Waals surface area contributed by atoms with E-state index in [2.05, 4.69) is 0 Å². The van der Waals surface area contributed by atoms with Crippen molar-refractivity contribution in [2.24, 2.45) is 5.92 Å². The highest BCUT2D eigenvalue weighted by molar-refractivity contribution is 5.90. The first kappa shape index (κ1) is 8.66. The standard InChI is InChI=1S/C9H13NO3/c11-8-5-3-1-2-4-7-6-9(7,8)10(12)13/h7H,1-6H2. The third-order valence-electron chi connectivity index (χ3n) is 3.34. The molecule has 2 unspecified atom stereocenters. The smallest absolute Gasteiger partial charge is 0.282 e. The molecule has 2 saturated carbocycles. The van der Waals surface area contributed by atoms with E-state index in [0.717, 1.165) is 25.7 Å². The van der Waals surface area contributed by atoms with Crippen LogP contribution in [0.15, 0.2) is 0 Å². The van der Waals surface area contributed by atoms with Crippen molar-refractivity contribution in [1.82, 2.24) is 0 Å². The second kappa shape index (κ2) is 2.79. The van der Waals surface area contributed by atoms with Crippen molar-refractivity contribution in [3.8, 4) is 0 Å². The van der Waals surface area contributed by atoms with Gasteiger partial charge in [0.25, 0.3) is 5.54 Å². The molecule has 0 heterocycles. The molecule has 4 nitrogen and oxygen atoms in total. The Morgan fingerprint density at radius 1 is 1.38 bits per heavy atom. The molecule has 0 saturated heterocycles. The lowest BCUT2D eigenvalue weighted by Gasteiger charge is -2.11. The van der Waals surface area contributed by atoms with Gasteiger partial charge in [-0.25, -0.2) is 0 Å². The SMILES string of the molecule is O=C1CCCCCC2CC12[N+](=O)[O-]. The molecular formula is C9H13NO3. The Balaban J connectivity index is 2.18. The molecule has 0 spiro atoms. The quantitative estimate of drug-likeness (QED) is 0.457. The summed E-state index contributed by atoms with van der Waals surface area (Å²) in [5, 5.41) is 10.8. The van der Waals surface area contributed by atoms with Gasteiger partial charge in [0.15, 0.2) is 0 Å². The summed E-state index contributed by atoms with van der Waals surface area (Å²) in [4.78, 5) is 22.0. The molecule has 0 N–H and O–H groups in total. The highest BCUT2D eigenvalue weighted by Crippen LogP contribution is 2.51. The van der Waals surface area contributed by atoms with Crippen LogP contribution in [0.5, 0.6) is 0 Å². The maximum atomic E-state index is 11.5. The molecule has 2 aliphatic rings. The van der Waals surface area contributed by atoms with E-state index in [4.69, 9.17) is 0 Å². The monoisotopic (exact) mass is 183 g/mol. The molecule has 2 rings (SSSR count). The average molecular weight is 183 g/mol. The van der Waals surface area contributed by atoms with Gasteiger partial charge in [-0.1, -0.05) is 12.8 Å². The van der Waals surface area contributed by atoms with Crippen LogP contribution < -0.4 is 0 Å². The molecule has 0 aromatic carbocycles. The molecule has 72 valence electrons. The Labute approximate surface area is 76.5 Å². The van der Waals surface area contributed by atoms with Crippen LogP contribution in [0, 0.1) is 16.0 Å². The number of ketones is 1. The van der Waals surface area contributed by atoms with Gasteiger partial charge in [0.2, 0.25) is 5.78 Å². The first-order valence-corrected chi connectivity index (χ1v) is 4.86. The molecule has 2 fully saturated rings. The zero-order valence-electron chi connectivity index (χ0n) is 7.49. The van der Waals surface area contributed by atoms with Crippen molar-refractivity contribution >= 4 is 5.78 Å². The number of carbonyl (C=O) groups is 1. The van der Waals surface area contributed by atoms with Gasteiger partial charge in [-0.15, -0.1) is 0 Å². The molecule has 0 aromatic heterocycles. The molecule has 0 aliphatic heterocycles. The van der Waals surface area contributed by atoms with Crippen LogP contribution in [0.4, 0.5) is 0 Å². The minimum absolute atomic E-state index is 0.0512. The van der Waals surface area contributed by atoms with Gasteiger partial charge in [0.05, 0.1) is 0 Å². The third-order valence-corrected chi connectivity index (χ3v) is 3.34. The van der Waals surface area contributed by atoms with Gasteiger partial charge in [-0.2, -0.15) is 0 Å². The predicted molar refractivity (Wildman–Crippen MR) is 45.9 cm³/mol. The minimum Gasteiger partial charge on any atom is -0.292 e. The number of hydrogen-bond donors (Lipinski definition) is 0. The van der Waals surface area contributed by atoms with E-state index in [1.807, 2.05) is 0 Å². The minimum atomic E-state index is -1.14. The summed E-state index contributed by atoms with van der Waals surface area (Å²) in [6, 6.07) is 0. The molecule has 13 heavy (non-hydrogen) atoms. The van der Waals surface area contributed by atoms with Gasteiger partial charge in [-0.3, -0.25) is 14.9 Å². The first-order chi connectivity index (χ1) is 6.18. The van der Waals surface area contributed by atoms with Crippen LogP contribution in [0.25, 0.3) is 0 Å². The zero-order valence-corrected chi connectivity index (χ0v) is 7.49. The maximum Gasteiger partial charge on any atom is 0.282 e. The van der Waals surface area contributed by atoms with Crippen molar-refractivity contribution < 1.29 is 9.72 Å². The number of nitro groups is 1. The van der Waals surface area contributed by atoms with E-state index in [-0.39, 0.29) is 16.6 Å². The summed E-state index contributed by atoms with van der Waals surface area (Å²) in [6.45, 7) is 0. The highest BCUT2D eigenvalue weighted by Gasteiger charge is 2.70. The summed E-state index contributed by atoms with van der Waals surface area (Å²) in [6.07, 6.45) is 4.72. The topological polar surface area (TPSA) is 60.2 Å². The summed E-state index contributed by atoms with van der Waals surface area (Å²) in [7, 11) is 0. The van der Waals surface area contributed by atoms with E-state index in [0.29, 0.717) is 12.8 Å². The highest BCUT2D eigenvalue weighted by atomic mass is 16.6. The number of nitrogens with zero attached hydrogens (tertiary/aromatic N) is 1. The Morgan fingerprint density at radius 3 is 2.85 bits per heavy atom. The Morgan fingerprint density at radius 2 is 2.15 bits per heavy atom. The van der Waals surface area contributed by atoms with E-state index in [1.54, 1.807) is 0 Å². The van der Waals surface area contributed by atoms with Crippen molar-refractivity contribution in [1.29, 1.82) is 0 Å². The Kier molecular flexibility index (Phi) is 1.86. The third kappa shape index (κ3) is 1.16. The van der Waals surface area contributed by atoms with Crippen LogP contribution in [0.1, 0.15) is 38.5 Å². The van der Waals surface area contributed by atoms with Crippen LogP contribution in [-0.2, 0) is 4.79 Å². The lowest BCUT2D eigenvalue weighted by Crippen LogP contribution is -2.34. The number of Topliss-reactive ketones (excluding diaryl/α,β-unsaturated/α-hetero) is 1. The maximum absolute atomic E-state index is 11.5. The van der Waals surface area contributed by atoms with Gasteiger partial charge in [-0.05, 0) is 12.8 Å². The van der Waals surface area contributed by atoms with Crippen LogP contribution >= 0.6 is 0 Å². The number of carbonyl (C=O) groups excluding carboxylic acids is 1. The van der Waals surface area contributed by atoms with Crippen LogP contribution in [0.2, 0.25) is 0 Å². The summed E-state index contributed by atoms with van der Waals surface area (Å²) in [5.41, 5.74) is -1.14. The van der Waals surface area contributed by atoms with Crippen LogP contribution in [0.3, 0.4) is 0 Å². The molecule has 0 amide bonds. The van der Waals surface area contributed by atoms with E-state index in [9.17, 15) is 14.9 Å². The van der Waals surface area contributed by atoms with E-state index >= 15 is 0 Å². The molecule has 0 radical (unpaired) electrons. The summed E-state index contributed by atoms with van der Waals surface area (Å²) in [5.74, 6) is -0.0718. The van der Waals surface area contributed by atoms with E-state index < -0.39 is 5.54 Å². The lowest BCUT2D eigenvalue weighted by molar-refractivity contribution is -0.526. The summed E-state index contributed by atoms with van der Waals surface area (Å²) < 4.78 is 0. The van der Waals surface area contributed by atoms with E-state index in [1.165, 1.54) is 0 Å². The molecule has 2 atom stereocenters. The molecule has 2 aliphatic carbocycles. The van der Waals surface area contributed by atoms with Crippen LogP contribution in [-0.4, -0.2) is 16.2 Å². The number of hydrogen-bond acceptors (Lipinski definition) is 3. The van der Waals surface area contributed by atoms with Crippen molar-refractivity contribution in [2.45, 2.75) is 44.1 Å². The van der Waals surface area contributed by atoms with Crippen molar-refractivity contribution in [3.63, 3.8) is 0 Å². The largest absolute Gasteiger partial charge is 0.292 e. The zero-order chi connectivity index (χ0) is 9.47. The first-order valence-electron chi connectivity index (χ1n) is 4.86. The van der Waals surface area contributed by atoms with Gasteiger partial charge in [0, 0.05) is 23.7 Å².